The molecule has 0 saturated heterocycles. The number of benzene rings is 1. The number of para-hydroxylation sites is 1. The zero-order chi connectivity index (χ0) is 11.5. The lowest BCUT2D eigenvalue weighted by Crippen LogP contribution is -2.18. The lowest BCUT2D eigenvalue weighted by molar-refractivity contribution is 0.0958. The summed E-state index contributed by atoms with van der Waals surface area (Å²) < 4.78 is 1.53. The van der Waals surface area contributed by atoms with Gasteiger partial charge in [-0.3, -0.25) is 4.79 Å². The minimum Gasteiger partial charge on any atom is -0.384 e. The van der Waals surface area contributed by atoms with Gasteiger partial charge in [-0.25, -0.2) is 4.68 Å². The number of carbonyl (C=O) groups excluding carboxylic acids is 1. The molecule has 0 bridgehead atoms. The Morgan fingerprint density at radius 3 is 2.69 bits per heavy atom. The zero-order valence-electron chi connectivity index (χ0n) is 8.84. The first kappa shape index (κ1) is 10.2. The Kier molecular flexibility index (Phi) is 2.59. The molecule has 82 valence electrons. The SMILES string of the molecule is CNC(=O)c1cc(N)n(-c2ccccc2)n1. The van der Waals surface area contributed by atoms with Crippen LogP contribution in [0.15, 0.2) is 36.4 Å². The van der Waals surface area contributed by atoms with Crippen molar-refractivity contribution >= 4 is 11.7 Å². The Morgan fingerprint density at radius 1 is 1.38 bits per heavy atom. The van der Waals surface area contributed by atoms with E-state index in [1.807, 2.05) is 30.3 Å². The molecule has 0 spiro atoms. The van der Waals surface area contributed by atoms with Gasteiger partial charge in [0.25, 0.3) is 5.91 Å². The third-order valence-corrected chi connectivity index (χ3v) is 2.20. The van der Waals surface area contributed by atoms with Crippen molar-refractivity contribution in [3.63, 3.8) is 0 Å². The van der Waals surface area contributed by atoms with Gasteiger partial charge >= 0.3 is 0 Å². The van der Waals surface area contributed by atoms with Gasteiger partial charge in [0.15, 0.2) is 5.69 Å². The maximum absolute atomic E-state index is 11.4. The topological polar surface area (TPSA) is 72.9 Å². The minimum atomic E-state index is -0.249. The summed E-state index contributed by atoms with van der Waals surface area (Å²) in [5.74, 6) is 0.186. The summed E-state index contributed by atoms with van der Waals surface area (Å²) in [5, 5.41) is 6.63. The number of hydrogen-bond acceptors (Lipinski definition) is 3. The average molecular weight is 216 g/mol. The maximum atomic E-state index is 11.4. The van der Waals surface area contributed by atoms with Gasteiger partial charge in [-0.2, -0.15) is 5.10 Å². The minimum absolute atomic E-state index is 0.249. The van der Waals surface area contributed by atoms with Gasteiger partial charge in [0, 0.05) is 13.1 Å². The highest BCUT2D eigenvalue weighted by Crippen LogP contribution is 2.13. The molecule has 0 atom stereocenters. The van der Waals surface area contributed by atoms with Gasteiger partial charge < -0.3 is 11.1 Å². The monoisotopic (exact) mass is 216 g/mol. The van der Waals surface area contributed by atoms with Gasteiger partial charge in [0.1, 0.15) is 5.82 Å². The largest absolute Gasteiger partial charge is 0.384 e. The highest BCUT2D eigenvalue weighted by Gasteiger charge is 2.11. The third kappa shape index (κ3) is 1.75. The molecular formula is C11H12N4O. The predicted molar refractivity (Wildman–Crippen MR) is 61.4 cm³/mol. The Balaban J connectivity index is 2.44. The summed E-state index contributed by atoms with van der Waals surface area (Å²) in [4.78, 5) is 11.4. The molecule has 0 aliphatic carbocycles. The van der Waals surface area contributed by atoms with E-state index in [4.69, 9.17) is 5.73 Å². The van der Waals surface area contributed by atoms with Crippen molar-refractivity contribution in [2.45, 2.75) is 0 Å². The van der Waals surface area contributed by atoms with Crippen LogP contribution in [-0.2, 0) is 0 Å². The van der Waals surface area contributed by atoms with E-state index in [0.29, 0.717) is 11.5 Å². The van der Waals surface area contributed by atoms with E-state index >= 15 is 0 Å². The molecule has 16 heavy (non-hydrogen) atoms. The molecule has 0 fully saturated rings. The number of nitrogen functional groups attached to an aromatic ring is 1. The molecule has 2 rings (SSSR count). The van der Waals surface area contributed by atoms with Crippen molar-refractivity contribution in [1.29, 1.82) is 0 Å². The van der Waals surface area contributed by atoms with Crippen LogP contribution in [0.25, 0.3) is 5.69 Å². The fraction of sp³-hybridized carbons (Fsp3) is 0.0909. The van der Waals surface area contributed by atoms with E-state index in [1.165, 1.54) is 4.68 Å². The molecule has 1 heterocycles. The number of anilines is 1. The standard InChI is InChI=1S/C11H12N4O/c1-13-11(16)9-7-10(12)15(14-9)8-5-3-2-4-6-8/h2-7H,12H2,1H3,(H,13,16). The second-order valence-electron chi connectivity index (χ2n) is 3.28. The van der Waals surface area contributed by atoms with Crippen LogP contribution in [-0.4, -0.2) is 22.7 Å². The summed E-state index contributed by atoms with van der Waals surface area (Å²) in [6.45, 7) is 0. The van der Waals surface area contributed by atoms with Gasteiger partial charge in [-0.1, -0.05) is 18.2 Å². The molecule has 1 amide bonds. The summed E-state index contributed by atoms with van der Waals surface area (Å²) in [6, 6.07) is 11.0. The second kappa shape index (κ2) is 4.06. The smallest absolute Gasteiger partial charge is 0.271 e. The molecular weight excluding hydrogens is 204 g/mol. The van der Waals surface area contributed by atoms with Crippen LogP contribution in [0.2, 0.25) is 0 Å². The predicted octanol–water partition coefficient (Wildman–Crippen LogP) is 0.814. The van der Waals surface area contributed by atoms with Gasteiger partial charge in [-0.05, 0) is 12.1 Å². The summed E-state index contributed by atoms with van der Waals surface area (Å²) >= 11 is 0. The summed E-state index contributed by atoms with van der Waals surface area (Å²) in [5.41, 5.74) is 6.92. The van der Waals surface area contributed by atoms with Gasteiger partial charge in [0.2, 0.25) is 0 Å². The molecule has 5 nitrogen and oxygen atoms in total. The van der Waals surface area contributed by atoms with Crippen LogP contribution in [0, 0.1) is 0 Å². The van der Waals surface area contributed by atoms with E-state index < -0.39 is 0 Å². The normalized spacial score (nSPS) is 10.1. The van der Waals surface area contributed by atoms with Crippen molar-refractivity contribution in [3.05, 3.63) is 42.1 Å². The number of rotatable bonds is 2. The van der Waals surface area contributed by atoms with E-state index in [0.717, 1.165) is 5.69 Å². The van der Waals surface area contributed by atoms with Gasteiger partial charge in [-0.15, -0.1) is 0 Å². The lowest BCUT2D eigenvalue weighted by atomic mass is 10.3. The fourth-order valence-electron chi connectivity index (χ4n) is 1.41. The first-order valence-electron chi connectivity index (χ1n) is 4.85. The van der Waals surface area contributed by atoms with Crippen molar-refractivity contribution in [2.75, 3.05) is 12.8 Å². The molecule has 0 radical (unpaired) electrons. The Hall–Kier alpha value is -2.30. The van der Waals surface area contributed by atoms with E-state index in [2.05, 4.69) is 10.4 Å². The number of aromatic nitrogens is 2. The molecule has 0 saturated carbocycles. The van der Waals surface area contributed by atoms with Crippen molar-refractivity contribution in [3.8, 4) is 5.69 Å². The average Bonchev–Trinajstić information content (AvgIpc) is 2.71. The summed E-state index contributed by atoms with van der Waals surface area (Å²) in [6.07, 6.45) is 0. The first-order valence-corrected chi connectivity index (χ1v) is 4.85. The lowest BCUT2D eigenvalue weighted by Gasteiger charge is -2.02. The van der Waals surface area contributed by atoms with Crippen LogP contribution >= 0.6 is 0 Å². The van der Waals surface area contributed by atoms with Gasteiger partial charge in [0.05, 0.1) is 5.69 Å². The highest BCUT2D eigenvalue weighted by atomic mass is 16.1. The Bertz CT molecular complexity index is 504. The molecule has 1 aromatic heterocycles. The quantitative estimate of drug-likeness (QED) is 0.780. The van der Waals surface area contributed by atoms with E-state index in [9.17, 15) is 4.79 Å². The number of amides is 1. The number of nitrogens with one attached hydrogen (secondary N) is 1. The fourth-order valence-corrected chi connectivity index (χ4v) is 1.41. The molecule has 0 aliphatic heterocycles. The van der Waals surface area contributed by atoms with Crippen LogP contribution in [0.1, 0.15) is 10.5 Å². The molecule has 2 aromatic rings. The molecule has 3 N–H and O–H groups in total. The number of nitrogens with zero attached hydrogens (tertiary/aromatic N) is 2. The summed E-state index contributed by atoms with van der Waals surface area (Å²) in [7, 11) is 1.56. The maximum Gasteiger partial charge on any atom is 0.271 e. The number of carbonyl (C=O) groups is 1. The van der Waals surface area contributed by atoms with Crippen LogP contribution in [0.5, 0.6) is 0 Å². The molecule has 1 aromatic carbocycles. The second-order valence-corrected chi connectivity index (χ2v) is 3.28. The van der Waals surface area contributed by atoms with Crippen LogP contribution in [0.4, 0.5) is 5.82 Å². The molecule has 5 heteroatoms. The Morgan fingerprint density at radius 2 is 2.06 bits per heavy atom. The molecule has 0 aliphatic rings. The third-order valence-electron chi connectivity index (χ3n) is 2.20. The Labute approximate surface area is 92.9 Å². The number of hydrogen-bond donors (Lipinski definition) is 2. The van der Waals surface area contributed by atoms with Crippen LogP contribution in [0.3, 0.4) is 0 Å². The van der Waals surface area contributed by atoms with Crippen LogP contribution < -0.4 is 11.1 Å². The number of nitrogens with two attached hydrogens (primary N) is 1. The zero-order valence-corrected chi connectivity index (χ0v) is 8.84. The van der Waals surface area contributed by atoms with E-state index in [1.54, 1.807) is 13.1 Å². The first-order chi connectivity index (χ1) is 7.72. The van der Waals surface area contributed by atoms with E-state index in [-0.39, 0.29) is 5.91 Å². The van der Waals surface area contributed by atoms with Crippen molar-refractivity contribution < 1.29 is 4.79 Å². The molecule has 0 unspecified atom stereocenters. The van der Waals surface area contributed by atoms with Crippen molar-refractivity contribution in [2.24, 2.45) is 0 Å². The highest BCUT2D eigenvalue weighted by molar-refractivity contribution is 5.92. The van der Waals surface area contributed by atoms with Crippen molar-refractivity contribution in [1.82, 2.24) is 15.1 Å².